The summed E-state index contributed by atoms with van der Waals surface area (Å²) < 4.78 is 14.9. The second kappa shape index (κ2) is 4.33. The number of hydrogen-bond donors (Lipinski definition) is 0. The maximum atomic E-state index is 11.1. The highest BCUT2D eigenvalue weighted by Crippen LogP contribution is 2.20. The van der Waals surface area contributed by atoms with Crippen molar-refractivity contribution in [2.45, 2.75) is 6.29 Å². The van der Waals surface area contributed by atoms with Crippen molar-refractivity contribution in [3.05, 3.63) is 23.8 Å². The summed E-state index contributed by atoms with van der Waals surface area (Å²) >= 11 is 0. The van der Waals surface area contributed by atoms with Crippen molar-refractivity contribution in [2.75, 3.05) is 20.3 Å². The first-order valence-corrected chi connectivity index (χ1v) is 4.44. The van der Waals surface area contributed by atoms with E-state index in [0.29, 0.717) is 18.9 Å². The Balaban J connectivity index is 2.12. The zero-order valence-electron chi connectivity index (χ0n) is 8.17. The summed E-state index contributed by atoms with van der Waals surface area (Å²) in [4.78, 5) is 19.0. The second-order valence-electron chi connectivity index (χ2n) is 2.89. The number of aromatic nitrogens is 2. The van der Waals surface area contributed by atoms with Gasteiger partial charge in [0.25, 0.3) is 0 Å². The van der Waals surface area contributed by atoms with Gasteiger partial charge in [0.15, 0.2) is 5.69 Å². The van der Waals surface area contributed by atoms with Gasteiger partial charge in [-0.2, -0.15) is 0 Å². The van der Waals surface area contributed by atoms with Gasteiger partial charge >= 0.3 is 5.97 Å². The minimum atomic E-state index is -0.512. The molecule has 1 aromatic heterocycles. The highest BCUT2D eigenvalue weighted by molar-refractivity contribution is 5.86. The molecule has 1 saturated heterocycles. The molecule has 0 unspecified atom stereocenters. The van der Waals surface area contributed by atoms with Crippen LogP contribution in [0.3, 0.4) is 0 Å². The van der Waals surface area contributed by atoms with Crippen LogP contribution in [-0.4, -0.2) is 36.3 Å². The lowest BCUT2D eigenvalue weighted by molar-refractivity contribution is -0.0475. The van der Waals surface area contributed by atoms with E-state index in [1.54, 1.807) is 0 Å². The average Bonchev–Trinajstić information content (AvgIpc) is 2.82. The molecule has 0 bridgehead atoms. The molecule has 1 aliphatic rings. The van der Waals surface area contributed by atoms with Crippen molar-refractivity contribution in [1.29, 1.82) is 0 Å². The van der Waals surface area contributed by atoms with E-state index in [1.165, 1.54) is 19.5 Å². The molecule has 2 heterocycles. The topological polar surface area (TPSA) is 70.5 Å². The summed E-state index contributed by atoms with van der Waals surface area (Å²) in [6.07, 6.45) is 2.32. The number of methoxy groups -OCH3 is 1. The summed E-state index contributed by atoms with van der Waals surface area (Å²) in [6.45, 7) is 1.09. The van der Waals surface area contributed by atoms with Crippen molar-refractivity contribution in [3.8, 4) is 0 Å². The molecule has 2 rings (SSSR count). The first-order chi connectivity index (χ1) is 7.31. The number of nitrogens with zero attached hydrogens (tertiary/aromatic N) is 2. The second-order valence-corrected chi connectivity index (χ2v) is 2.89. The van der Waals surface area contributed by atoms with Crippen LogP contribution in [0.25, 0.3) is 0 Å². The lowest BCUT2D eigenvalue weighted by Gasteiger charge is -2.07. The number of hydrogen-bond acceptors (Lipinski definition) is 6. The van der Waals surface area contributed by atoms with E-state index in [1.807, 2.05) is 0 Å². The number of carbonyl (C=O) groups is 1. The zero-order chi connectivity index (χ0) is 10.7. The van der Waals surface area contributed by atoms with Crippen LogP contribution in [0, 0.1) is 0 Å². The van der Waals surface area contributed by atoms with E-state index in [-0.39, 0.29) is 5.69 Å². The van der Waals surface area contributed by atoms with Gasteiger partial charge in [0, 0.05) is 0 Å². The Kier molecular flexibility index (Phi) is 2.89. The van der Waals surface area contributed by atoms with Gasteiger partial charge in [0.1, 0.15) is 5.69 Å². The zero-order valence-corrected chi connectivity index (χ0v) is 8.17. The minimum Gasteiger partial charge on any atom is -0.464 e. The SMILES string of the molecule is COC(=O)c1cnc(C2OCCO2)cn1. The van der Waals surface area contributed by atoms with Gasteiger partial charge in [-0.1, -0.05) is 0 Å². The van der Waals surface area contributed by atoms with E-state index in [2.05, 4.69) is 14.7 Å². The van der Waals surface area contributed by atoms with Crippen LogP contribution in [0.15, 0.2) is 12.4 Å². The molecule has 0 amide bonds. The molecular weight excluding hydrogens is 200 g/mol. The molecule has 0 atom stereocenters. The van der Waals surface area contributed by atoms with Crippen LogP contribution in [0.4, 0.5) is 0 Å². The van der Waals surface area contributed by atoms with Crippen LogP contribution < -0.4 is 0 Å². The van der Waals surface area contributed by atoms with Gasteiger partial charge in [-0.25, -0.2) is 9.78 Å². The molecule has 1 fully saturated rings. The third kappa shape index (κ3) is 2.11. The first-order valence-electron chi connectivity index (χ1n) is 4.44. The Bertz CT molecular complexity index is 346. The monoisotopic (exact) mass is 210 g/mol. The van der Waals surface area contributed by atoms with Crippen molar-refractivity contribution >= 4 is 5.97 Å². The molecule has 1 aliphatic heterocycles. The Labute approximate surface area is 86.2 Å². The van der Waals surface area contributed by atoms with E-state index in [4.69, 9.17) is 9.47 Å². The van der Waals surface area contributed by atoms with Crippen molar-refractivity contribution in [3.63, 3.8) is 0 Å². The molecular formula is C9H10N2O4. The maximum Gasteiger partial charge on any atom is 0.358 e. The maximum absolute atomic E-state index is 11.1. The predicted molar refractivity (Wildman–Crippen MR) is 48.0 cm³/mol. The van der Waals surface area contributed by atoms with Crippen LogP contribution in [0.2, 0.25) is 0 Å². The molecule has 6 heteroatoms. The molecule has 1 aromatic rings. The lowest BCUT2D eigenvalue weighted by Crippen LogP contribution is -2.08. The standard InChI is InChI=1S/C9H10N2O4/c1-13-8(12)6-4-11-7(5-10-6)9-14-2-3-15-9/h4-5,9H,2-3H2,1H3. The molecule has 0 aromatic carbocycles. The quantitative estimate of drug-likeness (QED) is 0.654. The van der Waals surface area contributed by atoms with Crippen molar-refractivity contribution in [2.24, 2.45) is 0 Å². The van der Waals surface area contributed by atoms with E-state index >= 15 is 0 Å². The third-order valence-electron chi connectivity index (χ3n) is 1.93. The normalized spacial score (nSPS) is 16.6. The Hall–Kier alpha value is -1.53. The average molecular weight is 210 g/mol. The third-order valence-corrected chi connectivity index (χ3v) is 1.93. The van der Waals surface area contributed by atoms with Crippen LogP contribution >= 0.6 is 0 Å². The fraction of sp³-hybridized carbons (Fsp3) is 0.444. The Morgan fingerprint density at radius 1 is 1.40 bits per heavy atom. The number of esters is 1. The van der Waals surface area contributed by atoms with Gasteiger partial charge in [0.05, 0.1) is 32.7 Å². The van der Waals surface area contributed by atoms with Gasteiger partial charge in [-0.15, -0.1) is 0 Å². The highest BCUT2D eigenvalue weighted by atomic mass is 16.7. The van der Waals surface area contributed by atoms with E-state index in [0.717, 1.165) is 0 Å². The largest absolute Gasteiger partial charge is 0.464 e. The predicted octanol–water partition coefficient (Wildman–Crippen LogP) is 0.309. The van der Waals surface area contributed by atoms with Crippen LogP contribution in [0.5, 0.6) is 0 Å². The molecule has 0 saturated carbocycles. The van der Waals surface area contributed by atoms with Gasteiger partial charge in [-0.05, 0) is 0 Å². The molecule has 15 heavy (non-hydrogen) atoms. The summed E-state index contributed by atoms with van der Waals surface area (Å²) in [5.74, 6) is -0.512. The van der Waals surface area contributed by atoms with Crippen molar-refractivity contribution < 1.29 is 19.0 Å². The van der Waals surface area contributed by atoms with Crippen LogP contribution in [0.1, 0.15) is 22.5 Å². The fourth-order valence-electron chi connectivity index (χ4n) is 1.20. The summed E-state index contributed by atoms with van der Waals surface area (Å²) in [5, 5.41) is 0. The van der Waals surface area contributed by atoms with E-state index < -0.39 is 12.3 Å². The number of rotatable bonds is 2. The van der Waals surface area contributed by atoms with Gasteiger partial charge in [0.2, 0.25) is 6.29 Å². The fourth-order valence-corrected chi connectivity index (χ4v) is 1.20. The Morgan fingerprint density at radius 2 is 2.13 bits per heavy atom. The molecule has 0 N–H and O–H groups in total. The molecule has 0 aliphatic carbocycles. The number of carbonyl (C=O) groups excluding carboxylic acids is 1. The number of ether oxygens (including phenoxy) is 3. The van der Waals surface area contributed by atoms with Gasteiger partial charge < -0.3 is 14.2 Å². The summed E-state index contributed by atoms with van der Waals surface area (Å²) in [5.41, 5.74) is 0.722. The molecule has 0 spiro atoms. The molecule has 80 valence electrons. The minimum absolute atomic E-state index is 0.166. The highest BCUT2D eigenvalue weighted by Gasteiger charge is 2.20. The summed E-state index contributed by atoms with van der Waals surface area (Å²) in [6, 6.07) is 0. The lowest BCUT2D eigenvalue weighted by atomic mass is 10.4. The molecule has 0 radical (unpaired) electrons. The molecule has 6 nitrogen and oxygen atoms in total. The Morgan fingerprint density at radius 3 is 2.67 bits per heavy atom. The smallest absolute Gasteiger partial charge is 0.358 e. The first kappa shape index (κ1) is 10.0. The van der Waals surface area contributed by atoms with Gasteiger partial charge in [-0.3, -0.25) is 4.98 Å². The van der Waals surface area contributed by atoms with Crippen LogP contribution in [-0.2, 0) is 14.2 Å². The van der Waals surface area contributed by atoms with E-state index in [9.17, 15) is 4.79 Å². The summed E-state index contributed by atoms with van der Waals surface area (Å²) in [7, 11) is 1.29. The van der Waals surface area contributed by atoms with Crippen molar-refractivity contribution in [1.82, 2.24) is 9.97 Å².